The van der Waals surface area contributed by atoms with E-state index in [-0.39, 0.29) is 5.97 Å². The number of aromatic nitrogens is 2. The number of carbonyl (C=O) groups excluding carboxylic acids is 1. The van der Waals surface area contributed by atoms with Gasteiger partial charge in [-0.1, -0.05) is 0 Å². The lowest BCUT2D eigenvalue weighted by atomic mass is 10.2. The van der Waals surface area contributed by atoms with E-state index < -0.39 is 6.04 Å². The van der Waals surface area contributed by atoms with Crippen molar-refractivity contribution in [1.29, 1.82) is 0 Å². The molecule has 0 spiro atoms. The molecule has 27 heavy (non-hydrogen) atoms. The molecule has 3 rings (SSSR count). The standard InChI is InChI=1S/C19H28N4O3S/c1-6-26-19(24)13(3)22(5)17-16-12(2)14(4)27-18(16)21-15(20-17)11-23-7-9-25-10-8-23/h13H,6-11H2,1-5H3/t13-/m0/s1. The Morgan fingerprint density at radius 2 is 2.04 bits per heavy atom. The van der Waals surface area contributed by atoms with Crippen LogP contribution < -0.4 is 4.90 Å². The molecule has 1 aliphatic heterocycles. The lowest BCUT2D eigenvalue weighted by molar-refractivity contribution is -0.144. The minimum Gasteiger partial charge on any atom is -0.464 e. The highest BCUT2D eigenvalue weighted by molar-refractivity contribution is 7.18. The molecule has 1 fully saturated rings. The number of anilines is 1. The Morgan fingerprint density at radius 1 is 1.33 bits per heavy atom. The SMILES string of the molecule is CCOC(=O)[C@H](C)N(C)c1nc(CN2CCOCC2)nc2sc(C)c(C)c12. The fourth-order valence-electron chi connectivity index (χ4n) is 3.16. The maximum atomic E-state index is 12.3. The number of morpholine rings is 1. The molecule has 1 saturated heterocycles. The van der Waals surface area contributed by atoms with Crippen molar-refractivity contribution in [2.75, 3.05) is 44.9 Å². The molecule has 2 aromatic heterocycles. The number of likely N-dealkylation sites (N-methyl/N-ethyl adjacent to an activating group) is 1. The molecule has 148 valence electrons. The highest BCUT2D eigenvalue weighted by Crippen LogP contribution is 2.35. The molecular formula is C19H28N4O3S. The Hall–Kier alpha value is -1.77. The van der Waals surface area contributed by atoms with Crippen LogP contribution in [0.4, 0.5) is 5.82 Å². The van der Waals surface area contributed by atoms with Crippen LogP contribution in [0.25, 0.3) is 10.2 Å². The molecule has 0 unspecified atom stereocenters. The van der Waals surface area contributed by atoms with E-state index in [1.165, 1.54) is 10.4 Å². The quantitative estimate of drug-likeness (QED) is 0.700. The predicted octanol–water partition coefficient (Wildman–Crippen LogP) is 2.53. The van der Waals surface area contributed by atoms with Crippen molar-refractivity contribution in [1.82, 2.24) is 14.9 Å². The second-order valence-electron chi connectivity index (χ2n) is 6.85. The van der Waals surface area contributed by atoms with Crippen LogP contribution in [0.5, 0.6) is 0 Å². The number of fused-ring (bicyclic) bond motifs is 1. The molecule has 0 aliphatic carbocycles. The second-order valence-corrected chi connectivity index (χ2v) is 8.06. The zero-order chi connectivity index (χ0) is 19.6. The molecule has 0 bridgehead atoms. The third kappa shape index (κ3) is 4.23. The molecule has 7 nitrogen and oxygen atoms in total. The van der Waals surface area contributed by atoms with E-state index in [2.05, 4.69) is 18.7 Å². The third-order valence-electron chi connectivity index (χ3n) is 5.07. The molecule has 1 aliphatic rings. The first-order valence-corrected chi connectivity index (χ1v) is 10.2. The van der Waals surface area contributed by atoms with E-state index in [1.807, 2.05) is 25.8 Å². The van der Waals surface area contributed by atoms with Gasteiger partial charge in [-0.25, -0.2) is 14.8 Å². The number of rotatable bonds is 6. The molecule has 0 amide bonds. The number of thiophene rings is 1. The summed E-state index contributed by atoms with van der Waals surface area (Å²) in [6.07, 6.45) is 0. The van der Waals surface area contributed by atoms with Crippen LogP contribution in [-0.2, 0) is 20.8 Å². The van der Waals surface area contributed by atoms with Crippen molar-refractivity contribution in [2.45, 2.75) is 40.3 Å². The maximum Gasteiger partial charge on any atom is 0.328 e. The lowest BCUT2D eigenvalue weighted by Crippen LogP contribution is -2.39. The van der Waals surface area contributed by atoms with Gasteiger partial charge in [0.05, 0.1) is 31.8 Å². The van der Waals surface area contributed by atoms with Crippen LogP contribution in [0.2, 0.25) is 0 Å². The predicted molar refractivity (Wildman–Crippen MR) is 107 cm³/mol. The van der Waals surface area contributed by atoms with Gasteiger partial charge in [-0.2, -0.15) is 0 Å². The van der Waals surface area contributed by atoms with Crippen molar-refractivity contribution < 1.29 is 14.3 Å². The van der Waals surface area contributed by atoms with E-state index in [0.29, 0.717) is 13.2 Å². The zero-order valence-corrected chi connectivity index (χ0v) is 17.6. The largest absolute Gasteiger partial charge is 0.464 e. The molecule has 2 aromatic rings. The maximum absolute atomic E-state index is 12.3. The van der Waals surface area contributed by atoms with Gasteiger partial charge in [0.15, 0.2) is 0 Å². The second kappa shape index (κ2) is 8.50. The first-order chi connectivity index (χ1) is 12.9. The Labute approximate surface area is 164 Å². The fraction of sp³-hybridized carbons (Fsp3) is 0.632. The number of aryl methyl sites for hydroxylation is 2. The molecular weight excluding hydrogens is 364 g/mol. The van der Waals surface area contributed by atoms with Gasteiger partial charge < -0.3 is 14.4 Å². The molecule has 0 aromatic carbocycles. The van der Waals surface area contributed by atoms with E-state index in [1.54, 1.807) is 11.3 Å². The first kappa shape index (κ1) is 20.0. The van der Waals surface area contributed by atoms with E-state index in [4.69, 9.17) is 19.4 Å². The first-order valence-electron chi connectivity index (χ1n) is 9.38. The Bertz CT molecular complexity index is 817. The molecule has 3 heterocycles. The third-order valence-corrected chi connectivity index (χ3v) is 6.17. The van der Waals surface area contributed by atoms with Gasteiger partial charge in [-0.05, 0) is 33.3 Å². The topological polar surface area (TPSA) is 67.8 Å². The lowest BCUT2D eigenvalue weighted by Gasteiger charge is -2.28. The fourth-order valence-corrected chi connectivity index (χ4v) is 4.20. The smallest absolute Gasteiger partial charge is 0.328 e. The molecule has 8 heteroatoms. The van der Waals surface area contributed by atoms with Gasteiger partial charge in [0.1, 0.15) is 22.5 Å². The van der Waals surface area contributed by atoms with Crippen LogP contribution >= 0.6 is 11.3 Å². The van der Waals surface area contributed by atoms with Crippen molar-refractivity contribution in [3.8, 4) is 0 Å². The van der Waals surface area contributed by atoms with Crippen LogP contribution in [0.1, 0.15) is 30.1 Å². The summed E-state index contributed by atoms with van der Waals surface area (Å²) >= 11 is 1.68. The molecule has 0 N–H and O–H groups in total. The van der Waals surface area contributed by atoms with E-state index in [0.717, 1.165) is 48.2 Å². The number of esters is 1. The molecule has 0 radical (unpaired) electrons. The monoisotopic (exact) mass is 392 g/mol. The molecule has 1 atom stereocenters. The zero-order valence-electron chi connectivity index (χ0n) is 16.7. The highest BCUT2D eigenvalue weighted by atomic mass is 32.1. The van der Waals surface area contributed by atoms with Gasteiger partial charge >= 0.3 is 5.97 Å². The summed E-state index contributed by atoms with van der Waals surface area (Å²) in [6.45, 7) is 12.2. The number of hydrogen-bond acceptors (Lipinski definition) is 8. The van der Waals surface area contributed by atoms with Crippen molar-refractivity contribution in [3.63, 3.8) is 0 Å². The summed E-state index contributed by atoms with van der Waals surface area (Å²) < 4.78 is 10.6. The van der Waals surface area contributed by atoms with Gasteiger partial charge in [0.2, 0.25) is 0 Å². The van der Waals surface area contributed by atoms with Crippen LogP contribution in [0.3, 0.4) is 0 Å². The Balaban J connectivity index is 1.98. The van der Waals surface area contributed by atoms with E-state index >= 15 is 0 Å². The average Bonchev–Trinajstić information content (AvgIpc) is 2.95. The van der Waals surface area contributed by atoms with Crippen molar-refractivity contribution >= 4 is 33.3 Å². The van der Waals surface area contributed by atoms with Crippen LogP contribution in [-0.4, -0.2) is 66.8 Å². The van der Waals surface area contributed by atoms with Crippen molar-refractivity contribution in [2.24, 2.45) is 0 Å². The minimum absolute atomic E-state index is 0.244. The number of nitrogens with zero attached hydrogens (tertiary/aromatic N) is 4. The average molecular weight is 393 g/mol. The van der Waals surface area contributed by atoms with Gasteiger partial charge in [0, 0.05) is 25.0 Å². The summed E-state index contributed by atoms with van der Waals surface area (Å²) in [6, 6.07) is -0.418. The number of carbonyl (C=O) groups is 1. The normalized spacial score (nSPS) is 16.5. The number of ether oxygens (including phenoxy) is 2. The summed E-state index contributed by atoms with van der Waals surface area (Å²) in [5, 5.41) is 1.03. The van der Waals surface area contributed by atoms with Crippen LogP contribution in [0.15, 0.2) is 0 Å². The minimum atomic E-state index is -0.418. The summed E-state index contributed by atoms with van der Waals surface area (Å²) in [7, 11) is 1.90. The summed E-state index contributed by atoms with van der Waals surface area (Å²) in [5.41, 5.74) is 1.17. The summed E-state index contributed by atoms with van der Waals surface area (Å²) in [4.78, 5) is 28.3. The Kier molecular flexibility index (Phi) is 6.29. The molecule has 0 saturated carbocycles. The Morgan fingerprint density at radius 3 is 2.70 bits per heavy atom. The van der Waals surface area contributed by atoms with Gasteiger partial charge in [-0.3, -0.25) is 4.90 Å². The van der Waals surface area contributed by atoms with Crippen molar-refractivity contribution in [3.05, 3.63) is 16.3 Å². The van der Waals surface area contributed by atoms with Gasteiger partial charge in [-0.15, -0.1) is 11.3 Å². The van der Waals surface area contributed by atoms with Crippen LogP contribution in [0, 0.1) is 13.8 Å². The van der Waals surface area contributed by atoms with E-state index in [9.17, 15) is 4.79 Å². The number of hydrogen-bond donors (Lipinski definition) is 0. The summed E-state index contributed by atoms with van der Waals surface area (Å²) in [5.74, 6) is 1.33. The highest BCUT2D eigenvalue weighted by Gasteiger charge is 2.25. The van der Waals surface area contributed by atoms with Gasteiger partial charge in [0.25, 0.3) is 0 Å².